The van der Waals surface area contributed by atoms with E-state index in [1.807, 2.05) is 0 Å². The van der Waals surface area contributed by atoms with Crippen molar-refractivity contribution >= 4 is 16.5 Å². The van der Waals surface area contributed by atoms with Gasteiger partial charge in [0.1, 0.15) is 16.5 Å². The average Bonchev–Trinajstić information content (AvgIpc) is 2.14. The minimum Gasteiger partial charge on any atom is -0.329 e. The lowest BCUT2D eigenvalue weighted by atomic mass is 9.98. The van der Waals surface area contributed by atoms with Crippen molar-refractivity contribution < 1.29 is 0 Å². The molecule has 2 nitrogen and oxygen atoms in total. The molecule has 116 valence electrons. The van der Waals surface area contributed by atoms with E-state index in [0.29, 0.717) is 10.1 Å². The van der Waals surface area contributed by atoms with E-state index in [4.69, 9.17) is 0 Å². The van der Waals surface area contributed by atoms with E-state index in [1.165, 1.54) is 6.42 Å². The summed E-state index contributed by atoms with van der Waals surface area (Å²) in [5.74, 6) is 0. The van der Waals surface area contributed by atoms with Gasteiger partial charge in [-0.05, 0) is 44.7 Å². The molecular formula is C15H38N2Si2. The quantitative estimate of drug-likeness (QED) is 0.668. The second-order valence-electron chi connectivity index (χ2n) is 8.85. The Morgan fingerprint density at radius 1 is 0.632 bits per heavy atom. The summed E-state index contributed by atoms with van der Waals surface area (Å²) >= 11 is 0. The highest BCUT2D eigenvalue weighted by molar-refractivity contribution is 6.79. The average molecular weight is 303 g/mol. The van der Waals surface area contributed by atoms with Gasteiger partial charge in [-0.2, -0.15) is 0 Å². The van der Waals surface area contributed by atoms with Crippen molar-refractivity contribution in [2.45, 2.75) is 70.4 Å². The fourth-order valence-electron chi connectivity index (χ4n) is 2.75. The topological polar surface area (TPSA) is 6.48 Å². The molecule has 0 saturated carbocycles. The number of hydrogen-bond acceptors (Lipinski definition) is 2. The second kappa shape index (κ2) is 5.62. The van der Waals surface area contributed by atoms with Gasteiger partial charge in [0.05, 0.1) is 0 Å². The summed E-state index contributed by atoms with van der Waals surface area (Å²) in [6.07, 6.45) is 1.31. The first kappa shape index (κ1) is 19.4. The maximum absolute atomic E-state index is 2.51. The predicted octanol–water partition coefficient (Wildman–Crippen LogP) is 4.47. The molecule has 0 heterocycles. The van der Waals surface area contributed by atoms with Crippen LogP contribution >= 0.6 is 0 Å². The zero-order valence-electron chi connectivity index (χ0n) is 15.6. The molecule has 19 heavy (non-hydrogen) atoms. The Hall–Kier alpha value is 0.354. The standard InChI is InChI=1S/C15H38N2Si2/c1-14(2,18(9,10)16(5)6)13-15(3,4)19(11,12)17(7)8/h13H2,1-12H3. The monoisotopic (exact) mass is 302 g/mol. The smallest absolute Gasteiger partial charge is 0.127 e. The summed E-state index contributed by atoms with van der Waals surface area (Å²) in [7, 11) is 6.25. The molecule has 0 rings (SSSR count). The van der Waals surface area contributed by atoms with Crippen LogP contribution in [0.4, 0.5) is 0 Å². The number of nitrogens with zero attached hydrogens (tertiary/aromatic N) is 2. The highest BCUT2D eigenvalue weighted by Crippen LogP contribution is 2.54. The molecule has 0 aromatic heterocycles. The maximum atomic E-state index is 2.51. The van der Waals surface area contributed by atoms with Gasteiger partial charge in [0.2, 0.25) is 0 Å². The summed E-state index contributed by atoms with van der Waals surface area (Å²) in [4.78, 5) is 0. The third-order valence-corrected chi connectivity index (χ3v) is 17.9. The predicted molar refractivity (Wildman–Crippen MR) is 95.0 cm³/mol. The molecular weight excluding hydrogens is 264 g/mol. The van der Waals surface area contributed by atoms with Crippen molar-refractivity contribution in [3.63, 3.8) is 0 Å². The Bertz CT molecular complexity index is 275. The maximum Gasteiger partial charge on any atom is 0.127 e. The lowest BCUT2D eigenvalue weighted by Crippen LogP contribution is -2.57. The van der Waals surface area contributed by atoms with Crippen molar-refractivity contribution in [1.29, 1.82) is 0 Å². The van der Waals surface area contributed by atoms with Gasteiger partial charge in [0, 0.05) is 0 Å². The Morgan fingerprint density at radius 3 is 1.00 bits per heavy atom. The van der Waals surface area contributed by atoms with Gasteiger partial charge >= 0.3 is 0 Å². The van der Waals surface area contributed by atoms with Crippen LogP contribution in [0, 0.1) is 0 Å². The van der Waals surface area contributed by atoms with Gasteiger partial charge in [0.25, 0.3) is 0 Å². The molecule has 0 aromatic rings. The fraction of sp³-hybridized carbons (Fsp3) is 1.00. The van der Waals surface area contributed by atoms with Crippen LogP contribution in [0.15, 0.2) is 0 Å². The minimum atomic E-state index is -1.39. The SMILES string of the molecule is CN(C)[Si](C)(C)C(C)(C)CC(C)(C)[Si](C)(C)N(C)C. The van der Waals surface area contributed by atoms with Crippen LogP contribution in [-0.4, -0.2) is 53.8 Å². The molecule has 0 aliphatic carbocycles. The van der Waals surface area contributed by atoms with Crippen LogP contribution in [-0.2, 0) is 0 Å². The van der Waals surface area contributed by atoms with Gasteiger partial charge in [-0.15, -0.1) is 0 Å². The van der Waals surface area contributed by atoms with E-state index in [2.05, 4.69) is 91.2 Å². The van der Waals surface area contributed by atoms with Crippen molar-refractivity contribution in [2.75, 3.05) is 28.2 Å². The van der Waals surface area contributed by atoms with E-state index in [-0.39, 0.29) is 0 Å². The summed E-state index contributed by atoms with van der Waals surface area (Å²) in [6.45, 7) is 20.0. The fourth-order valence-corrected chi connectivity index (χ4v) is 7.10. The van der Waals surface area contributed by atoms with Crippen molar-refractivity contribution in [1.82, 2.24) is 9.13 Å². The molecule has 0 spiro atoms. The highest BCUT2D eigenvalue weighted by atomic mass is 28.3. The van der Waals surface area contributed by atoms with Gasteiger partial charge in [-0.25, -0.2) is 0 Å². The Labute approximate surface area is 124 Å². The Morgan fingerprint density at radius 2 is 0.842 bits per heavy atom. The van der Waals surface area contributed by atoms with Gasteiger partial charge < -0.3 is 9.13 Å². The zero-order valence-corrected chi connectivity index (χ0v) is 17.6. The van der Waals surface area contributed by atoms with Gasteiger partial charge in [0.15, 0.2) is 0 Å². The largest absolute Gasteiger partial charge is 0.329 e. The van der Waals surface area contributed by atoms with Crippen LogP contribution in [0.3, 0.4) is 0 Å². The summed E-state index contributed by atoms with van der Waals surface area (Å²) in [5, 5.41) is 0.834. The van der Waals surface area contributed by atoms with Crippen molar-refractivity contribution in [3.05, 3.63) is 0 Å². The zero-order chi connectivity index (χ0) is 15.9. The first-order chi connectivity index (χ1) is 8.09. The molecule has 0 unspecified atom stereocenters. The molecule has 0 bridgehead atoms. The number of hydrogen-bond donors (Lipinski definition) is 0. The molecule has 0 atom stereocenters. The molecule has 0 saturated heterocycles. The molecule has 0 aromatic carbocycles. The summed E-state index contributed by atoms with van der Waals surface area (Å²) in [6, 6.07) is 0. The van der Waals surface area contributed by atoms with Crippen molar-refractivity contribution in [3.8, 4) is 0 Å². The van der Waals surface area contributed by atoms with Crippen LogP contribution in [0.25, 0.3) is 0 Å². The number of rotatable bonds is 6. The molecule has 0 N–H and O–H groups in total. The normalized spacial score (nSPS) is 15.5. The molecule has 4 heteroatoms. The lowest BCUT2D eigenvalue weighted by Gasteiger charge is -2.53. The van der Waals surface area contributed by atoms with E-state index in [1.54, 1.807) is 0 Å². The van der Waals surface area contributed by atoms with Crippen LogP contribution in [0.1, 0.15) is 34.1 Å². The third-order valence-electron chi connectivity index (χ3n) is 6.43. The summed E-state index contributed by atoms with van der Waals surface area (Å²) in [5.41, 5.74) is 0. The van der Waals surface area contributed by atoms with Gasteiger partial charge in [-0.1, -0.05) is 53.9 Å². The Balaban J connectivity index is 5.34. The van der Waals surface area contributed by atoms with Crippen LogP contribution < -0.4 is 0 Å². The second-order valence-corrected chi connectivity index (χ2v) is 19.6. The summed E-state index contributed by atoms with van der Waals surface area (Å²) < 4.78 is 5.01. The first-order valence-corrected chi connectivity index (χ1v) is 13.3. The molecule has 0 amide bonds. The van der Waals surface area contributed by atoms with Gasteiger partial charge in [-0.3, -0.25) is 0 Å². The van der Waals surface area contributed by atoms with Crippen LogP contribution in [0.2, 0.25) is 36.3 Å². The Kier molecular flexibility index (Phi) is 5.73. The third kappa shape index (κ3) is 3.71. The lowest BCUT2D eigenvalue weighted by molar-refractivity contribution is 0.413. The molecule has 0 radical (unpaired) electrons. The van der Waals surface area contributed by atoms with E-state index < -0.39 is 16.5 Å². The van der Waals surface area contributed by atoms with Crippen molar-refractivity contribution in [2.24, 2.45) is 0 Å². The minimum absolute atomic E-state index is 0.417. The van der Waals surface area contributed by atoms with E-state index >= 15 is 0 Å². The van der Waals surface area contributed by atoms with E-state index in [0.717, 1.165) is 0 Å². The first-order valence-electron chi connectivity index (χ1n) is 7.44. The van der Waals surface area contributed by atoms with E-state index in [9.17, 15) is 0 Å². The highest BCUT2D eigenvalue weighted by Gasteiger charge is 2.49. The van der Waals surface area contributed by atoms with Crippen LogP contribution in [0.5, 0.6) is 0 Å². The molecule has 0 aliphatic heterocycles. The molecule has 0 aliphatic rings. The molecule has 0 fully saturated rings.